The zero-order valence-corrected chi connectivity index (χ0v) is 8.64. The van der Waals surface area contributed by atoms with Gasteiger partial charge in [-0.15, -0.1) is 0 Å². The third-order valence-electron chi connectivity index (χ3n) is 2.58. The van der Waals surface area contributed by atoms with E-state index in [0.717, 1.165) is 17.7 Å². The largest absolute Gasteiger partial charge is 0.465 e. The first-order valence-corrected chi connectivity index (χ1v) is 5.03. The van der Waals surface area contributed by atoms with Gasteiger partial charge in [-0.25, -0.2) is 4.79 Å². The molecule has 2 amide bonds. The summed E-state index contributed by atoms with van der Waals surface area (Å²) in [7, 11) is 0. The molecular formula is C11H12N2O3. The molecule has 16 heavy (non-hydrogen) atoms. The molecule has 2 rings (SSSR count). The molecular weight excluding hydrogens is 208 g/mol. The zero-order valence-electron chi connectivity index (χ0n) is 8.64. The van der Waals surface area contributed by atoms with Crippen LogP contribution in [0.25, 0.3) is 0 Å². The molecule has 0 aromatic heterocycles. The number of nitrogens with zero attached hydrogens (tertiary/aromatic N) is 1. The number of carboxylic acid groups (broad SMARTS) is 1. The van der Waals surface area contributed by atoms with Crippen LogP contribution in [0.1, 0.15) is 5.56 Å². The Balaban J connectivity index is 2.07. The maximum Gasteiger partial charge on any atom is 0.405 e. The van der Waals surface area contributed by atoms with Crippen molar-refractivity contribution in [1.82, 2.24) is 5.32 Å². The van der Waals surface area contributed by atoms with E-state index in [9.17, 15) is 9.59 Å². The minimum absolute atomic E-state index is 0.177. The predicted octanol–water partition coefficient (Wildman–Crippen LogP) is 0.843. The second-order valence-electron chi connectivity index (χ2n) is 3.58. The number of nitrogens with one attached hydrogen (secondary N) is 1. The summed E-state index contributed by atoms with van der Waals surface area (Å²) in [5.41, 5.74) is 2.02. The molecule has 0 spiro atoms. The van der Waals surface area contributed by atoms with Crippen LogP contribution in [0.3, 0.4) is 0 Å². The molecule has 0 atom stereocenters. The average molecular weight is 220 g/mol. The van der Waals surface area contributed by atoms with Gasteiger partial charge >= 0.3 is 6.09 Å². The van der Waals surface area contributed by atoms with Crippen LogP contribution >= 0.6 is 0 Å². The average Bonchev–Trinajstić information content (AvgIpc) is 2.69. The van der Waals surface area contributed by atoms with E-state index in [1.54, 1.807) is 4.90 Å². The van der Waals surface area contributed by atoms with Gasteiger partial charge in [0.15, 0.2) is 0 Å². The number of carbonyl (C=O) groups is 2. The van der Waals surface area contributed by atoms with Crippen LogP contribution in [0.5, 0.6) is 0 Å². The van der Waals surface area contributed by atoms with E-state index in [0.29, 0.717) is 6.54 Å². The molecule has 1 aromatic rings. The van der Waals surface area contributed by atoms with Crippen LogP contribution in [0.4, 0.5) is 10.5 Å². The van der Waals surface area contributed by atoms with Crippen molar-refractivity contribution in [3.05, 3.63) is 29.8 Å². The third-order valence-corrected chi connectivity index (χ3v) is 2.58. The topological polar surface area (TPSA) is 69.6 Å². The lowest BCUT2D eigenvalue weighted by Gasteiger charge is -2.16. The first-order chi connectivity index (χ1) is 7.68. The molecule has 0 aliphatic carbocycles. The van der Waals surface area contributed by atoms with Crippen molar-refractivity contribution in [1.29, 1.82) is 0 Å². The van der Waals surface area contributed by atoms with Crippen LogP contribution in [0, 0.1) is 0 Å². The van der Waals surface area contributed by atoms with Crippen LogP contribution in [-0.2, 0) is 11.2 Å². The standard InChI is InChI=1S/C11H12N2O3/c14-10(7-12-11(15)16)13-6-5-8-3-1-2-4-9(8)13/h1-4,12H,5-7H2,(H,15,16). The fraction of sp³-hybridized carbons (Fsp3) is 0.273. The van der Waals surface area contributed by atoms with E-state index in [4.69, 9.17) is 5.11 Å². The summed E-state index contributed by atoms with van der Waals surface area (Å²) in [5.74, 6) is -0.215. The van der Waals surface area contributed by atoms with Crippen molar-refractivity contribution in [2.24, 2.45) is 0 Å². The van der Waals surface area contributed by atoms with Crippen molar-refractivity contribution in [2.45, 2.75) is 6.42 Å². The quantitative estimate of drug-likeness (QED) is 0.776. The molecule has 0 saturated carbocycles. The Bertz CT molecular complexity index is 431. The molecule has 84 valence electrons. The predicted molar refractivity (Wildman–Crippen MR) is 58.5 cm³/mol. The summed E-state index contributed by atoms with van der Waals surface area (Å²) in [6, 6.07) is 7.66. The summed E-state index contributed by atoms with van der Waals surface area (Å²) >= 11 is 0. The number of anilines is 1. The lowest BCUT2D eigenvalue weighted by atomic mass is 10.2. The van der Waals surface area contributed by atoms with E-state index in [1.807, 2.05) is 24.3 Å². The summed E-state index contributed by atoms with van der Waals surface area (Å²) in [6.07, 6.45) is -0.351. The summed E-state index contributed by atoms with van der Waals surface area (Å²) in [5, 5.41) is 10.5. The van der Waals surface area contributed by atoms with Gasteiger partial charge in [-0.05, 0) is 18.1 Å². The number of hydrogen-bond donors (Lipinski definition) is 2. The van der Waals surface area contributed by atoms with E-state index in [-0.39, 0.29) is 12.5 Å². The van der Waals surface area contributed by atoms with Gasteiger partial charge in [-0.2, -0.15) is 0 Å². The molecule has 2 N–H and O–H groups in total. The Hall–Kier alpha value is -2.04. The number of fused-ring (bicyclic) bond motifs is 1. The fourth-order valence-corrected chi connectivity index (χ4v) is 1.84. The highest BCUT2D eigenvalue weighted by Crippen LogP contribution is 2.27. The maximum atomic E-state index is 11.7. The van der Waals surface area contributed by atoms with E-state index in [2.05, 4.69) is 5.32 Å². The highest BCUT2D eigenvalue weighted by atomic mass is 16.4. The number of carbonyl (C=O) groups excluding carboxylic acids is 1. The highest BCUT2D eigenvalue weighted by Gasteiger charge is 2.23. The number of amides is 2. The van der Waals surface area contributed by atoms with Crippen molar-refractivity contribution in [3.8, 4) is 0 Å². The molecule has 1 aliphatic heterocycles. The smallest absolute Gasteiger partial charge is 0.405 e. The Morgan fingerprint density at radius 1 is 1.38 bits per heavy atom. The van der Waals surface area contributed by atoms with Crippen LogP contribution < -0.4 is 10.2 Å². The summed E-state index contributed by atoms with van der Waals surface area (Å²) in [6.45, 7) is 0.448. The number of para-hydroxylation sites is 1. The van der Waals surface area contributed by atoms with Crippen LogP contribution in [0.2, 0.25) is 0 Å². The Labute approximate surface area is 92.7 Å². The van der Waals surface area contributed by atoms with Gasteiger partial charge in [-0.3, -0.25) is 4.79 Å². The van der Waals surface area contributed by atoms with Crippen LogP contribution in [-0.4, -0.2) is 30.2 Å². The molecule has 5 heteroatoms. The van der Waals surface area contributed by atoms with Gasteiger partial charge in [0.25, 0.3) is 0 Å². The zero-order chi connectivity index (χ0) is 11.5. The minimum atomic E-state index is -1.18. The molecule has 0 radical (unpaired) electrons. The summed E-state index contributed by atoms with van der Waals surface area (Å²) in [4.78, 5) is 23.6. The van der Waals surface area contributed by atoms with E-state index < -0.39 is 6.09 Å². The maximum absolute atomic E-state index is 11.7. The van der Waals surface area contributed by atoms with Gasteiger partial charge < -0.3 is 15.3 Å². The lowest BCUT2D eigenvalue weighted by molar-refractivity contribution is -0.117. The SMILES string of the molecule is O=C(O)NCC(=O)N1CCc2ccccc21. The second kappa shape index (κ2) is 4.22. The highest BCUT2D eigenvalue weighted by molar-refractivity contribution is 5.97. The molecule has 0 unspecified atom stereocenters. The number of rotatable bonds is 2. The summed E-state index contributed by atoms with van der Waals surface area (Å²) < 4.78 is 0. The normalized spacial score (nSPS) is 13.4. The molecule has 1 aromatic carbocycles. The van der Waals surface area contributed by atoms with Crippen molar-refractivity contribution in [3.63, 3.8) is 0 Å². The number of hydrogen-bond acceptors (Lipinski definition) is 2. The molecule has 0 fully saturated rings. The Kier molecular flexibility index (Phi) is 2.76. The van der Waals surface area contributed by atoms with Gasteiger partial charge in [0.05, 0.1) is 0 Å². The molecule has 0 bridgehead atoms. The number of benzene rings is 1. The third kappa shape index (κ3) is 1.98. The van der Waals surface area contributed by atoms with Crippen LogP contribution in [0.15, 0.2) is 24.3 Å². The lowest BCUT2D eigenvalue weighted by Crippen LogP contribution is -2.38. The van der Waals surface area contributed by atoms with Crippen molar-refractivity contribution in [2.75, 3.05) is 18.0 Å². The van der Waals surface area contributed by atoms with E-state index in [1.165, 1.54) is 0 Å². The molecule has 1 heterocycles. The first kappa shape index (κ1) is 10.5. The molecule has 0 saturated heterocycles. The molecule has 1 aliphatic rings. The van der Waals surface area contributed by atoms with E-state index >= 15 is 0 Å². The Morgan fingerprint density at radius 3 is 2.88 bits per heavy atom. The van der Waals surface area contributed by atoms with Gasteiger partial charge in [0.1, 0.15) is 6.54 Å². The first-order valence-electron chi connectivity index (χ1n) is 5.03. The van der Waals surface area contributed by atoms with Gasteiger partial charge in [0.2, 0.25) is 5.91 Å². The monoisotopic (exact) mass is 220 g/mol. The minimum Gasteiger partial charge on any atom is -0.465 e. The van der Waals surface area contributed by atoms with Gasteiger partial charge in [0, 0.05) is 12.2 Å². The second-order valence-corrected chi connectivity index (χ2v) is 3.58. The van der Waals surface area contributed by atoms with Gasteiger partial charge in [-0.1, -0.05) is 18.2 Å². The molecule has 5 nitrogen and oxygen atoms in total. The van der Waals surface area contributed by atoms with Crippen molar-refractivity contribution >= 4 is 17.7 Å². The fourth-order valence-electron chi connectivity index (χ4n) is 1.84. The Morgan fingerprint density at radius 2 is 2.12 bits per heavy atom. The van der Waals surface area contributed by atoms with Crippen molar-refractivity contribution < 1.29 is 14.7 Å².